The maximum Gasteiger partial charge on any atom is 0.258 e. The minimum absolute atomic E-state index is 0.0336. The number of hydrogen-bond donors (Lipinski definition) is 2. The molecule has 0 spiro atoms. The zero-order valence-electron chi connectivity index (χ0n) is 11.6. The van der Waals surface area contributed by atoms with Gasteiger partial charge in [-0.05, 0) is 27.0 Å². The van der Waals surface area contributed by atoms with Gasteiger partial charge in [0, 0.05) is 11.6 Å². The number of benzene rings is 1. The third-order valence-electron chi connectivity index (χ3n) is 2.81. The molecule has 1 atom stereocenters. The Morgan fingerprint density at radius 1 is 1.53 bits per heavy atom. The molecule has 0 aliphatic heterocycles. The van der Waals surface area contributed by atoms with E-state index in [0.29, 0.717) is 5.75 Å². The second-order valence-electron chi connectivity index (χ2n) is 4.32. The van der Waals surface area contributed by atoms with Crippen molar-refractivity contribution in [3.05, 3.63) is 29.3 Å². The minimum atomic E-state index is -0.221. The fourth-order valence-corrected chi connectivity index (χ4v) is 1.64. The summed E-state index contributed by atoms with van der Waals surface area (Å²) in [5, 5.41) is 5.72. The average Bonchev–Trinajstić information content (AvgIpc) is 2.42. The second-order valence-corrected chi connectivity index (χ2v) is 4.32. The Hall–Kier alpha value is -1.99. The van der Waals surface area contributed by atoms with Gasteiger partial charge in [0.2, 0.25) is 0 Å². The van der Waals surface area contributed by atoms with E-state index in [9.17, 15) is 4.79 Å². The summed E-state index contributed by atoms with van der Waals surface area (Å²) in [6, 6.07) is 6.05. The van der Waals surface area contributed by atoms with Crippen LogP contribution in [0.4, 0.5) is 0 Å². The maximum absolute atomic E-state index is 11.4. The van der Waals surface area contributed by atoms with Crippen LogP contribution < -0.4 is 15.4 Å². The van der Waals surface area contributed by atoms with Crippen LogP contribution in [0.15, 0.2) is 18.2 Å². The summed E-state index contributed by atoms with van der Waals surface area (Å²) < 4.78 is 5.55. The Bertz CT molecular complexity index is 478. The molecule has 102 valence electrons. The minimum Gasteiger partial charge on any atom is -0.483 e. The first-order valence-electron chi connectivity index (χ1n) is 6.19. The predicted octanol–water partition coefficient (Wildman–Crippen LogP) is 1.40. The molecule has 0 aromatic heterocycles. The van der Waals surface area contributed by atoms with Crippen LogP contribution in [0.2, 0.25) is 0 Å². The van der Waals surface area contributed by atoms with Crippen molar-refractivity contribution in [3.8, 4) is 18.1 Å². The number of terminal acetylenes is 1. The molecule has 0 radical (unpaired) electrons. The normalized spacial score (nSPS) is 11.5. The number of ether oxygens (including phenoxy) is 1. The van der Waals surface area contributed by atoms with E-state index in [-0.39, 0.29) is 25.1 Å². The van der Waals surface area contributed by atoms with Gasteiger partial charge in [0.1, 0.15) is 5.75 Å². The molecular formula is C15H20N2O2. The summed E-state index contributed by atoms with van der Waals surface area (Å²) in [6.45, 7) is 4.25. The standard InChI is InChI=1S/C15H20N2O2/c1-5-8-17-15(18)10-19-14-7-6-11(2)9-13(14)12(3)16-4/h1,6-7,9,12,16H,8,10H2,2-4H3,(H,17,18). The Morgan fingerprint density at radius 3 is 2.89 bits per heavy atom. The van der Waals surface area contributed by atoms with Gasteiger partial charge in [0.25, 0.3) is 5.91 Å². The van der Waals surface area contributed by atoms with E-state index in [0.717, 1.165) is 11.1 Å². The first-order valence-corrected chi connectivity index (χ1v) is 6.19. The largest absolute Gasteiger partial charge is 0.483 e. The highest BCUT2D eigenvalue weighted by Gasteiger charge is 2.11. The molecule has 19 heavy (non-hydrogen) atoms. The molecule has 4 nitrogen and oxygen atoms in total. The number of carbonyl (C=O) groups is 1. The average molecular weight is 260 g/mol. The topological polar surface area (TPSA) is 50.4 Å². The van der Waals surface area contributed by atoms with Gasteiger partial charge in [-0.25, -0.2) is 0 Å². The molecule has 1 unspecified atom stereocenters. The van der Waals surface area contributed by atoms with Crippen LogP contribution in [-0.2, 0) is 4.79 Å². The molecule has 0 heterocycles. The highest BCUT2D eigenvalue weighted by Crippen LogP contribution is 2.26. The summed E-state index contributed by atoms with van der Waals surface area (Å²) in [6.07, 6.45) is 5.07. The summed E-state index contributed by atoms with van der Waals surface area (Å²) in [7, 11) is 1.89. The third-order valence-corrected chi connectivity index (χ3v) is 2.81. The Balaban J connectivity index is 2.72. The third kappa shape index (κ3) is 4.65. The zero-order chi connectivity index (χ0) is 14.3. The summed E-state index contributed by atoms with van der Waals surface area (Å²) in [4.78, 5) is 11.4. The molecule has 0 saturated heterocycles. The quantitative estimate of drug-likeness (QED) is 0.760. The van der Waals surface area contributed by atoms with Crippen LogP contribution in [0.5, 0.6) is 5.75 Å². The molecule has 1 amide bonds. The van der Waals surface area contributed by atoms with Gasteiger partial charge in [0.15, 0.2) is 6.61 Å². The van der Waals surface area contributed by atoms with Gasteiger partial charge < -0.3 is 15.4 Å². The van der Waals surface area contributed by atoms with Crippen molar-refractivity contribution in [3.63, 3.8) is 0 Å². The van der Waals surface area contributed by atoms with Crippen molar-refractivity contribution in [1.29, 1.82) is 0 Å². The lowest BCUT2D eigenvalue weighted by Crippen LogP contribution is -2.29. The number of aryl methyl sites for hydroxylation is 1. The fourth-order valence-electron chi connectivity index (χ4n) is 1.64. The highest BCUT2D eigenvalue weighted by molar-refractivity contribution is 5.77. The van der Waals surface area contributed by atoms with Gasteiger partial charge >= 0.3 is 0 Å². The van der Waals surface area contributed by atoms with Crippen LogP contribution in [-0.4, -0.2) is 26.1 Å². The van der Waals surface area contributed by atoms with Crippen LogP contribution in [0.25, 0.3) is 0 Å². The monoisotopic (exact) mass is 260 g/mol. The molecule has 1 aromatic rings. The molecule has 1 rings (SSSR count). The van der Waals surface area contributed by atoms with E-state index in [2.05, 4.69) is 22.6 Å². The fraction of sp³-hybridized carbons (Fsp3) is 0.400. The van der Waals surface area contributed by atoms with E-state index < -0.39 is 0 Å². The first-order chi connectivity index (χ1) is 9.08. The van der Waals surface area contributed by atoms with E-state index in [1.54, 1.807) is 0 Å². The van der Waals surface area contributed by atoms with E-state index in [4.69, 9.17) is 11.2 Å². The lowest BCUT2D eigenvalue weighted by Gasteiger charge is -2.17. The number of amides is 1. The van der Waals surface area contributed by atoms with Crippen molar-refractivity contribution in [2.75, 3.05) is 20.2 Å². The molecule has 2 N–H and O–H groups in total. The van der Waals surface area contributed by atoms with Crippen LogP contribution in [0, 0.1) is 19.3 Å². The van der Waals surface area contributed by atoms with Crippen molar-refractivity contribution < 1.29 is 9.53 Å². The number of carbonyl (C=O) groups excluding carboxylic acids is 1. The molecule has 0 aliphatic rings. The molecule has 0 bridgehead atoms. The number of hydrogen-bond acceptors (Lipinski definition) is 3. The zero-order valence-corrected chi connectivity index (χ0v) is 11.6. The van der Waals surface area contributed by atoms with Gasteiger partial charge in [0.05, 0.1) is 6.54 Å². The molecule has 1 aromatic carbocycles. The van der Waals surface area contributed by atoms with Crippen molar-refractivity contribution in [2.24, 2.45) is 0 Å². The first kappa shape index (κ1) is 15.1. The van der Waals surface area contributed by atoms with Crippen LogP contribution >= 0.6 is 0 Å². The van der Waals surface area contributed by atoms with Gasteiger partial charge in [-0.1, -0.05) is 23.6 Å². The lowest BCUT2D eigenvalue weighted by molar-refractivity contribution is -0.122. The van der Waals surface area contributed by atoms with Gasteiger partial charge in [-0.2, -0.15) is 0 Å². The lowest BCUT2D eigenvalue weighted by atomic mass is 10.0. The van der Waals surface area contributed by atoms with Gasteiger partial charge in [-0.15, -0.1) is 6.42 Å². The highest BCUT2D eigenvalue weighted by atomic mass is 16.5. The van der Waals surface area contributed by atoms with Crippen molar-refractivity contribution in [2.45, 2.75) is 19.9 Å². The molecular weight excluding hydrogens is 240 g/mol. The second kappa shape index (κ2) is 7.45. The van der Waals surface area contributed by atoms with Crippen molar-refractivity contribution >= 4 is 5.91 Å². The van der Waals surface area contributed by atoms with E-state index in [1.165, 1.54) is 0 Å². The summed E-state index contributed by atoms with van der Waals surface area (Å²) >= 11 is 0. The summed E-state index contributed by atoms with van der Waals surface area (Å²) in [5.41, 5.74) is 2.19. The molecule has 0 fully saturated rings. The van der Waals surface area contributed by atoms with E-state index in [1.807, 2.05) is 33.0 Å². The van der Waals surface area contributed by atoms with Crippen LogP contribution in [0.3, 0.4) is 0 Å². The van der Waals surface area contributed by atoms with E-state index >= 15 is 0 Å². The van der Waals surface area contributed by atoms with Crippen LogP contribution in [0.1, 0.15) is 24.1 Å². The Labute approximate surface area is 114 Å². The predicted molar refractivity (Wildman–Crippen MR) is 76.0 cm³/mol. The smallest absolute Gasteiger partial charge is 0.258 e. The molecule has 0 aliphatic carbocycles. The van der Waals surface area contributed by atoms with Crippen molar-refractivity contribution in [1.82, 2.24) is 10.6 Å². The summed E-state index contributed by atoms with van der Waals surface area (Å²) in [5.74, 6) is 2.84. The Kier molecular flexibility index (Phi) is 5.91. The Morgan fingerprint density at radius 2 is 2.26 bits per heavy atom. The molecule has 0 saturated carbocycles. The number of nitrogens with one attached hydrogen (secondary N) is 2. The van der Waals surface area contributed by atoms with Gasteiger partial charge in [-0.3, -0.25) is 4.79 Å². The maximum atomic E-state index is 11.4. The molecule has 4 heteroatoms. The number of rotatable bonds is 6. The SMILES string of the molecule is C#CCNC(=O)COc1ccc(C)cc1C(C)NC.